The fourth-order valence-electron chi connectivity index (χ4n) is 1.57. The van der Waals surface area contributed by atoms with Crippen molar-refractivity contribution in [1.82, 2.24) is 0 Å². The molecule has 16 heavy (non-hydrogen) atoms. The molecule has 0 saturated carbocycles. The van der Waals surface area contributed by atoms with Crippen molar-refractivity contribution in [2.45, 2.75) is 19.9 Å². The first-order valence-electron chi connectivity index (χ1n) is 5.24. The summed E-state index contributed by atoms with van der Waals surface area (Å²) in [6.45, 7) is 3.98. The predicted octanol–water partition coefficient (Wildman–Crippen LogP) is 4.41. The van der Waals surface area contributed by atoms with Gasteiger partial charge in [0.25, 0.3) is 0 Å². The summed E-state index contributed by atoms with van der Waals surface area (Å²) in [5.74, 6) is 1.83. The number of rotatable bonds is 3. The first-order chi connectivity index (χ1) is 7.66. The standard InChI is InChI=1S/C13H14ClNO/c1-9-7-8-13(16-9)10(2)15-12-6-4-3-5-11(12)14/h3-8,10,15H,1-2H3. The molecule has 0 fully saturated rings. The van der Waals surface area contributed by atoms with Crippen LogP contribution in [-0.2, 0) is 0 Å². The Balaban J connectivity index is 2.13. The van der Waals surface area contributed by atoms with Crippen LogP contribution in [0, 0.1) is 6.92 Å². The normalized spacial score (nSPS) is 12.4. The van der Waals surface area contributed by atoms with E-state index in [0.717, 1.165) is 22.2 Å². The third kappa shape index (κ3) is 2.39. The van der Waals surface area contributed by atoms with Crippen molar-refractivity contribution in [3.63, 3.8) is 0 Å². The lowest BCUT2D eigenvalue weighted by atomic mass is 10.2. The Labute approximate surface area is 100 Å². The fourth-order valence-corrected chi connectivity index (χ4v) is 1.76. The van der Waals surface area contributed by atoms with Crippen molar-refractivity contribution in [2.24, 2.45) is 0 Å². The van der Waals surface area contributed by atoms with Gasteiger partial charge in [0.05, 0.1) is 16.8 Å². The van der Waals surface area contributed by atoms with Crippen LogP contribution in [0.15, 0.2) is 40.8 Å². The first kappa shape index (κ1) is 11.1. The van der Waals surface area contributed by atoms with Gasteiger partial charge in [-0.25, -0.2) is 0 Å². The molecule has 2 nitrogen and oxygen atoms in total. The summed E-state index contributed by atoms with van der Waals surface area (Å²) in [6.07, 6.45) is 0. The van der Waals surface area contributed by atoms with Gasteiger partial charge in [0.2, 0.25) is 0 Å². The highest BCUT2D eigenvalue weighted by Crippen LogP contribution is 2.26. The summed E-state index contributed by atoms with van der Waals surface area (Å²) >= 11 is 6.07. The summed E-state index contributed by atoms with van der Waals surface area (Å²) in [5, 5.41) is 4.03. The van der Waals surface area contributed by atoms with Crippen LogP contribution in [0.3, 0.4) is 0 Å². The molecule has 84 valence electrons. The van der Waals surface area contributed by atoms with E-state index in [1.165, 1.54) is 0 Å². The molecule has 0 aliphatic heterocycles. The molecule has 1 heterocycles. The minimum Gasteiger partial charge on any atom is -0.464 e. The lowest BCUT2D eigenvalue weighted by Crippen LogP contribution is -2.05. The molecular weight excluding hydrogens is 222 g/mol. The molecule has 1 atom stereocenters. The average Bonchev–Trinajstić information content (AvgIpc) is 2.68. The second-order valence-corrected chi connectivity index (χ2v) is 4.20. The fraction of sp³-hybridized carbons (Fsp3) is 0.231. The van der Waals surface area contributed by atoms with Crippen LogP contribution < -0.4 is 5.32 Å². The third-order valence-corrected chi connectivity index (χ3v) is 2.76. The summed E-state index contributed by atoms with van der Waals surface area (Å²) in [6, 6.07) is 11.7. The molecule has 0 spiro atoms. The summed E-state index contributed by atoms with van der Waals surface area (Å²) < 4.78 is 5.55. The minimum atomic E-state index is 0.105. The van der Waals surface area contributed by atoms with Crippen molar-refractivity contribution in [1.29, 1.82) is 0 Å². The molecule has 0 aliphatic carbocycles. The maximum absolute atomic E-state index is 6.07. The van der Waals surface area contributed by atoms with Crippen LogP contribution in [0.5, 0.6) is 0 Å². The van der Waals surface area contributed by atoms with Gasteiger partial charge >= 0.3 is 0 Å². The van der Waals surface area contributed by atoms with Crippen molar-refractivity contribution in [2.75, 3.05) is 5.32 Å². The van der Waals surface area contributed by atoms with Crippen molar-refractivity contribution in [3.8, 4) is 0 Å². The number of benzene rings is 1. The Morgan fingerprint density at radius 2 is 1.94 bits per heavy atom. The van der Waals surface area contributed by atoms with Gasteiger partial charge in [0.1, 0.15) is 11.5 Å². The highest BCUT2D eigenvalue weighted by molar-refractivity contribution is 6.33. The van der Waals surface area contributed by atoms with Crippen molar-refractivity contribution >= 4 is 17.3 Å². The van der Waals surface area contributed by atoms with E-state index in [-0.39, 0.29) is 6.04 Å². The Hall–Kier alpha value is -1.41. The molecule has 0 amide bonds. The molecule has 2 aromatic rings. The van der Waals surface area contributed by atoms with E-state index in [1.54, 1.807) is 0 Å². The largest absolute Gasteiger partial charge is 0.464 e. The van der Waals surface area contributed by atoms with E-state index in [2.05, 4.69) is 5.32 Å². The number of anilines is 1. The number of hydrogen-bond acceptors (Lipinski definition) is 2. The van der Waals surface area contributed by atoms with Gasteiger partial charge in [-0.15, -0.1) is 0 Å². The average molecular weight is 236 g/mol. The number of aryl methyl sites for hydroxylation is 1. The third-order valence-electron chi connectivity index (χ3n) is 2.43. The summed E-state index contributed by atoms with van der Waals surface area (Å²) in [4.78, 5) is 0. The van der Waals surface area contributed by atoms with Gasteiger partial charge in [-0.05, 0) is 38.1 Å². The number of furan rings is 1. The lowest BCUT2D eigenvalue weighted by molar-refractivity contribution is 0.467. The van der Waals surface area contributed by atoms with E-state index in [0.29, 0.717) is 0 Å². The lowest BCUT2D eigenvalue weighted by Gasteiger charge is -2.13. The van der Waals surface area contributed by atoms with Crippen LogP contribution >= 0.6 is 11.6 Å². The van der Waals surface area contributed by atoms with Gasteiger partial charge in [0, 0.05) is 0 Å². The molecule has 0 saturated heterocycles. The van der Waals surface area contributed by atoms with Gasteiger partial charge in [-0.1, -0.05) is 23.7 Å². The molecule has 1 aromatic heterocycles. The van der Waals surface area contributed by atoms with Crippen molar-refractivity contribution < 1.29 is 4.42 Å². The van der Waals surface area contributed by atoms with Gasteiger partial charge in [-0.3, -0.25) is 0 Å². The molecule has 1 N–H and O–H groups in total. The van der Waals surface area contributed by atoms with Gasteiger partial charge in [0.15, 0.2) is 0 Å². The Kier molecular flexibility index (Phi) is 3.20. The van der Waals surface area contributed by atoms with E-state index >= 15 is 0 Å². The number of hydrogen-bond donors (Lipinski definition) is 1. The highest BCUT2D eigenvalue weighted by Gasteiger charge is 2.10. The Bertz CT molecular complexity index is 478. The number of halogens is 1. The molecule has 3 heteroatoms. The molecule has 0 bridgehead atoms. The monoisotopic (exact) mass is 235 g/mol. The second-order valence-electron chi connectivity index (χ2n) is 3.79. The zero-order valence-corrected chi connectivity index (χ0v) is 10.1. The zero-order valence-electron chi connectivity index (χ0n) is 9.33. The van der Waals surface area contributed by atoms with E-state index < -0.39 is 0 Å². The molecule has 1 aromatic carbocycles. The molecule has 0 aliphatic rings. The SMILES string of the molecule is Cc1ccc(C(C)Nc2ccccc2Cl)o1. The quantitative estimate of drug-likeness (QED) is 0.852. The topological polar surface area (TPSA) is 25.2 Å². The summed E-state index contributed by atoms with van der Waals surface area (Å²) in [7, 11) is 0. The molecule has 2 rings (SSSR count). The Morgan fingerprint density at radius 1 is 1.19 bits per heavy atom. The van der Waals surface area contributed by atoms with Gasteiger partial charge < -0.3 is 9.73 Å². The van der Waals surface area contributed by atoms with Crippen LogP contribution in [0.1, 0.15) is 24.5 Å². The maximum atomic E-state index is 6.07. The maximum Gasteiger partial charge on any atom is 0.126 e. The predicted molar refractivity (Wildman–Crippen MR) is 66.9 cm³/mol. The molecule has 0 radical (unpaired) electrons. The van der Waals surface area contributed by atoms with Gasteiger partial charge in [-0.2, -0.15) is 0 Å². The number of nitrogens with one attached hydrogen (secondary N) is 1. The first-order valence-corrected chi connectivity index (χ1v) is 5.62. The van der Waals surface area contributed by atoms with E-state index in [1.807, 2.05) is 50.2 Å². The minimum absolute atomic E-state index is 0.105. The number of para-hydroxylation sites is 1. The van der Waals surface area contributed by atoms with E-state index in [9.17, 15) is 0 Å². The van der Waals surface area contributed by atoms with Crippen LogP contribution in [0.4, 0.5) is 5.69 Å². The van der Waals surface area contributed by atoms with Crippen LogP contribution in [-0.4, -0.2) is 0 Å². The van der Waals surface area contributed by atoms with Crippen LogP contribution in [0.25, 0.3) is 0 Å². The molecule has 1 unspecified atom stereocenters. The highest BCUT2D eigenvalue weighted by atomic mass is 35.5. The Morgan fingerprint density at radius 3 is 2.56 bits per heavy atom. The molecular formula is C13H14ClNO. The van der Waals surface area contributed by atoms with E-state index in [4.69, 9.17) is 16.0 Å². The second kappa shape index (κ2) is 4.62. The zero-order chi connectivity index (χ0) is 11.5. The smallest absolute Gasteiger partial charge is 0.126 e. The summed E-state index contributed by atoms with van der Waals surface area (Å²) in [5.41, 5.74) is 0.922. The van der Waals surface area contributed by atoms with Crippen LogP contribution in [0.2, 0.25) is 5.02 Å². The van der Waals surface area contributed by atoms with Crippen molar-refractivity contribution in [3.05, 3.63) is 52.9 Å².